The van der Waals surface area contributed by atoms with E-state index in [1.54, 1.807) is 14.2 Å². The van der Waals surface area contributed by atoms with Crippen LogP contribution >= 0.6 is 0 Å². The fraction of sp³-hybridized carbons (Fsp3) is 0.211. The van der Waals surface area contributed by atoms with Gasteiger partial charge < -0.3 is 20.4 Å². The smallest absolute Gasteiger partial charge is 0.191 e. The number of H-pyrrole nitrogens is 1. The maximum atomic E-state index is 5.37. The highest BCUT2D eigenvalue weighted by atomic mass is 16.5. The maximum absolute atomic E-state index is 5.37. The molecule has 0 aliphatic carbocycles. The number of ether oxygens (including phenoxy) is 1. The first-order valence-electron chi connectivity index (χ1n) is 7.93. The van der Waals surface area contributed by atoms with Gasteiger partial charge in [-0.2, -0.15) is 0 Å². The first-order valence-corrected chi connectivity index (χ1v) is 7.93. The summed E-state index contributed by atoms with van der Waals surface area (Å²) in [6.07, 6.45) is 0. The number of nitrogens with zero attached hydrogens (tertiary/aromatic N) is 1. The third-order valence-electron chi connectivity index (χ3n) is 3.89. The van der Waals surface area contributed by atoms with Crippen molar-refractivity contribution in [2.45, 2.75) is 13.1 Å². The minimum atomic E-state index is 0.649. The van der Waals surface area contributed by atoms with Crippen LogP contribution in [0.4, 0.5) is 0 Å². The van der Waals surface area contributed by atoms with E-state index in [0.717, 1.165) is 28.5 Å². The number of rotatable bonds is 5. The maximum Gasteiger partial charge on any atom is 0.191 e. The van der Waals surface area contributed by atoms with Crippen LogP contribution < -0.4 is 15.4 Å². The number of fused-ring (bicyclic) bond motifs is 1. The molecule has 5 heteroatoms. The molecule has 2 aromatic carbocycles. The Balaban J connectivity index is 1.59. The Kier molecular flexibility index (Phi) is 5.01. The molecule has 0 atom stereocenters. The van der Waals surface area contributed by atoms with Gasteiger partial charge in [0.2, 0.25) is 0 Å². The Labute approximate surface area is 141 Å². The molecule has 1 heterocycles. The quantitative estimate of drug-likeness (QED) is 0.500. The molecule has 0 saturated heterocycles. The van der Waals surface area contributed by atoms with E-state index in [9.17, 15) is 0 Å². The van der Waals surface area contributed by atoms with Gasteiger partial charge in [-0.3, -0.25) is 4.99 Å². The summed E-state index contributed by atoms with van der Waals surface area (Å²) in [6, 6.07) is 18.4. The Morgan fingerprint density at radius 2 is 1.79 bits per heavy atom. The largest absolute Gasteiger partial charge is 0.496 e. The molecule has 0 fully saturated rings. The summed E-state index contributed by atoms with van der Waals surface area (Å²) >= 11 is 0. The molecule has 24 heavy (non-hydrogen) atoms. The van der Waals surface area contributed by atoms with Gasteiger partial charge in [0.15, 0.2) is 5.96 Å². The van der Waals surface area contributed by atoms with Crippen LogP contribution in [0.2, 0.25) is 0 Å². The highest BCUT2D eigenvalue weighted by molar-refractivity contribution is 5.81. The predicted molar refractivity (Wildman–Crippen MR) is 98.3 cm³/mol. The molecule has 0 unspecified atom stereocenters. The Hall–Kier alpha value is -2.95. The van der Waals surface area contributed by atoms with Crippen molar-refractivity contribution in [2.24, 2.45) is 4.99 Å². The second-order valence-corrected chi connectivity index (χ2v) is 5.47. The summed E-state index contributed by atoms with van der Waals surface area (Å²) in [7, 11) is 3.45. The molecule has 3 rings (SSSR count). The molecule has 0 spiro atoms. The minimum Gasteiger partial charge on any atom is -0.496 e. The Morgan fingerprint density at radius 3 is 2.58 bits per heavy atom. The Morgan fingerprint density at radius 1 is 1.04 bits per heavy atom. The molecule has 0 aliphatic heterocycles. The van der Waals surface area contributed by atoms with Crippen LogP contribution in [0.3, 0.4) is 0 Å². The van der Waals surface area contributed by atoms with E-state index < -0.39 is 0 Å². The van der Waals surface area contributed by atoms with E-state index in [2.05, 4.69) is 38.8 Å². The van der Waals surface area contributed by atoms with Crippen molar-refractivity contribution in [3.63, 3.8) is 0 Å². The van der Waals surface area contributed by atoms with Gasteiger partial charge in [-0.15, -0.1) is 0 Å². The van der Waals surface area contributed by atoms with E-state index in [-0.39, 0.29) is 0 Å². The Bertz CT molecular complexity index is 805. The van der Waals surface area contributed by atoms with E-state index in [4.69, 9.17) is 4.74 Å². The van der Waals surface area contributed by atoms with Gasteiger partial charge in [0.25, 0.3) is 0 Å². The molecule has 0 radical (unpaired) electrons. The van der Waals surface area contributed by atoms with Crippen molar-refractivity contribution in [3.05, 3.63) is 65.9 Å². The topological polar surface area (TPSA) is 61.4 Å². The van der Waals surface area contributed by atoms with E-state index in [1.165, 1.54) is 5.39 Å². The number of benzene rings is 2. The molecule has 0 bridgehead atoms. The molecule has 124 valence electrons. The zero-order valence-electron chi connectivity index (χ0n) is 14.0. The summed E-state index contributed by atoms with van der Waals surface area (Å²) in [4.78, 5) is 7.67. The number of methoxy groups -OCH3 is 1. The number of aromatic nitrogens is 1. The monoisotopic (exact) mass is 322 g/mol. The molecule has 3 N–H and O–H groups in total. The summed E-state index contributed by atoms with van der Waals surface area (Å²) in [5.74, 6) is 1.62. The van der Waals surface area contributed by atoms with Crippen LogP contribution in [0, 0.1) is 0 Å². The van der Waals surface area contributed by atoms with Crippen molar-refractivity contribution in [2.75, 3.05) is 14.2 Å². The highest BCUT2D eigenvalue weighted by Crippen LogP contribution is 2.17. The third kappa shape index (κ3) is 3.68. The first kappa shape index (κ1) is 15.9. The molecule has 0 amide bonds. The van der Waals surface area contributed by atoms with Gasteiger partial charge in [0, 0.05) is 30.4 Å². The van der Waals surface area contributed by atoms with Crippen molar-refractivity contribution < 1.29 is 4.74 Å². The number of hydrogen-bond donors (Lipinski definition) is 3. The number of aromatic amines is 1. The van der Waals surface area contributed by atoms with E-state index in [1.807, 2.05) is 36.4 Å². The molecule has 5 nitrogen and oxygen atoms in total. The molecular formula is C19H22N4O. The zero-order chi connectivity index (χ0) is 16.8. The molecule has 0 saturated carbocycles. The van der Waals surface area contributed by atoms with Gasteiger partial charge in [-0.05, 0) is 23.6 Å². The summed E-state index contributed by atoms with van der Waals surface area (Å²) in [6.45, 7) is 1.33. The fourth-order valence-electron chi connectivity index (χ4n) is 2.66. The summed E-state index contributed by atoms with van der Waals surface area (Å²) in [5, 5.41) is 7.84. The molecule has 0 aliphatic rings. The number of nitrogens with one attached hydrogen (secondary N) is 3. The average Bonchev–Trinajstić information content (AvgIpc) is 3.05. The number of guanidine groups is 1. The number of hydrogen-bond acceptors (Lipinski definition) is 2. The SMILES string of the molecule is CN=C(NCc1cc2ccccc2[nH]1)NCc1ccccc1OC. The fourth-order valence-corrected chi connectivity index (χ4v) is 2.66. The van der Waals surface area contributed by atoms with Crippen LogP contribution in [-0.4, -0.2) is 25.1 Å². The molecular weight excluding hydrogens is 300 g/mol. The zero-order valence-corrected chi connectivity index (χ0v) is 14.0. The van der Waals surface area contributed by atoms with E-state index in [0.29, 0.717) is 13.1 Å². The van der Waals surface area contributed by atoms with E-state index >= 15 is 0 Å². The predicted octanol–water partition coefficient (Wildman–Crippen LogP) is 3.04. The van der Waals surface area contributed by atoms with Crippen molar-refractivity contribution in [3.8, 4) is 5.75 Å². The standard InChI is InChI=1S/C19H22N4O/c1-20-19(21-12-15-8-4-6-10-18(15)24-2)22-13-16-11-14-7-3-5-9-17(14)23-16/h3-11,23H,12-13H2,1-2H3,(H2,20,21,22). The van der Waals surface area contributed by atoms with Crippen LogP contribution in [0.25, 0.3) is 10.9 Å². The van der Waals surface area contributed by atoms with Crippen molar-refractivity contribution in [1.29, 1.82) is 0 Å². The number of aliphatic imine (C=N–C) groups is 1. The highest BCUT2D eigenvalue weighted by Gasteiger charge is 2.04. The lowest BCUT2D eigenvalue weighted by Crippen LogP contribution is -2.36. The van der Waals surface area contributed by atoms with Gasteiger partial charge in [-0.25, -0.2) is 0 Å². The second kappa shape index (κ2) is 7.55. The minimum absolute atomic E-state index is 0.649. The average molecular weight is 322 g/mol. The van der Waals surface area contributed by atoms with Gasteiger partial charge in [0.05, 0.1) is 13.7 Å². The normalized spacial score (nSPS) is 11.5. The van der Waals surface area contributed by atoms with Crippen LogP contribution in [0.15, 0.2) is 59.6 Å². The number of para-hydroxylation sites is 2. The first-order chi connectivity index (χ1) is 11.8. The molecule has 1 aromatic heterocycles. The summed E-state index contributed by atoms with van der Waals surface area (Å²) in [5.41, 5.74) is 3.36. The van der Waals surface area contributed by atoms with Gasteiger partial charge in [-0.1, -0.05) is 36.4 Å². The van der Waals surface area contributed by atoms with Crippen molar-refractivity contribution in [1.82, 2.24) is 15.6 Å². The lowest BCUT2D eigenvalue weighted by Gasteiger charge is -2.13. The van der Waals surface area contributed by atoms with Gasteiger partial charge >= 0.3 is 0 Å². The third-order valence-corrected chi connectivity index (χ3v) is 3.89. The summed E-state index contributed by atoms with van der Waals surface area (Å²) < 4.78 is 5.37. The lowest BCUT2D eigenvalue weighted by atomic mass is 10.2. The van der Waals surface area contributed by atoms with Crippen molar-refractivity contribution >= 4 is 16.9 Å². The molecule has 3 aromatic rings. The second-order valence-electron chi connectivity index (χ2n) is 5.47. The van der Waals surface area contributed by atoms with Gasteiger partial charge in [0.1, 0.15) is 5.75 Å². The van der Waals surface area contributed by atoms with Crippen LogP contribution in [0.5, 0.6) is 5.75 Å². The van der Waals surface area contributed by atoms with Crippen LogP contribution in [-0.2, 0) is 13.1 Å². The lowest BCUT2D eigenvalue weighted by molar-refractivity contribution is 0.409. The van der Waals surface area contributed by atoms with Crippen LogP contribution in [0.1, 0.15) is 11.3 Å².